The van der Waals surface area contributed by atoms with Crippen LogP contribution in [0, 0.1) is 0 Å². The fraction of sp³-hybridized carbons (Fsp3) is 0.833. The number of hydrogen-bond acceptors (Lipinski definition) is 1. The second-order valence-electron chi connectivity index (χ2n) is 4.16. The average Bonchev–Trinajstić information content (AvgIpc) is 2.02. The van der Waals surface area contributed by atoms with Gasteiger partial charge in [0.2, 0.25) is 0 Å². The van der Waals surface area contributed by atoms with Gasteiger partial charge in [0.15, 0.2) is 0 Å². The Balaban J connectivity index is 3.87. The van der Waals surface area contributed by atoms with Crippen LogP contribution in [-0.2, 0) is 0 Å². The topological polar surface area (TPSA) is 3.24 Å². The van der Waals surface area contributed by atoms with Crippen LogP contribution >= 0.6 is 0 Å². The minimum Gasteiger partial charge on any atom is -0.373 e. The van der Waals surface area contributed by atoms with Crippen molar-refractivity contribution in [2.24, 2.45) is 0 Å². The molecule has 0 fully saturated rings. The number of rotatable bonds is 6. The summed E-state index contributed by atoms with van der Waals surface area (Å²) in [7, 11) is 0. The van der Waals surface area contributed by atoms with Gasteiger partial charge in [0.25, 0.3) is 0 Å². The maximum Gasteiger partial charge on any atom is 0.0230 e. The van der Waals surface area contributed by atoms with Gasteiger partial charge < -0.3 is 4.90 Å². The Labute approximate surface area is 83.8 Å². The lowest BCUT2D eigenvalue weighted by molar-refractivity contribution is 0.255. The van der Waals surface area contributed by atoms with Crippen molar-refractivity contribution in [3.8, 4) is 0 Å². The van der Waals surface area contributed by atoms with E-state index in [1.807, 2.05) is 0 Å². The standard InChI is InChI=1S/C12H25N/c1-6-7-8-9-10-13(11(2)3)12(4)5/h9-12H,6-8H2,1-5H3. The van der Waals surface area contributed by atoms with E-state index >= 15 is 0 Å². The zero-order valence-corrected chi connectivity index (χ0v) is 9.88. The summed E-state index contributed by atoms with van der Waals surface area (Å²) < 4.78 is 0. The Morgan fingerprint density at radius 1 is 1.08 bits per heavy atom. The van der Waals surface area contributed by atoms with Gasteiger partial charge in [-0.05, 0) is 40.3 Å². The molecule has 0 aliphatic heterocycles. The van der Waals surface area contributed by atoms with Crippen LogP contribution in [0.25, 0.3) is 0 Å². The van der Waals surface area contributed by atoms with Crippen LogP contribution in [-0.4, -0.2) is 17.0 Å². The smallest absolute Gasteiger partial charge is 0.0230 e. The van der Waals surface area contributed by atoms with Crippen molar-refractivity contribution in [3.63, 3.8) is 0 Å². The van der Waals surface area contributed by atoms with E-state index in [2.05, 4.69) is 51.8 Å². The zero-order valence-electron chi connectivity index (χ0n) is 9.88. The highest BCUT2D eigenvalue weighted by Crippen LogP contribution is 2.06. The zero-order chi connectivity index (χ0) is 10.3. The number of hydrogen-bond donors (Lipinski definition) is 0. The molecule has 0 saturated carbocycles. The van der Waals surface area contributed by atoms with Crippen molar-refractivity contribution in [1.29, 1.82) is 0 Å². The van der Waals surface area contributed by atoms with E-state index in [0.717, 1.165) is 0 Å². The maximum absolute atomic E-state index is 2.40. The summed E-state index contributed by atoms with van der Waals surface area (Å²) in [5, 5.41) is 0. The van der Waals surface area contributed by atoms with Crippen molar-refractivity contribution < 1.29 is 0 Å². The highest BCUT2D eigenvalue weighted by Gasteiger charge is 2.06. The Morgan fingerprint density at radius 3 is 2.00 bits per heavy atom. The lowest BCUT2D eigenvalue weighted by atomic mass is 10.2. The minimum atomic E-state index is 0.609. The lowest BCUT2D eigenvalue weighted by Crippen LogP contribution is -2.31. The first-order valence-corrected chi connectivity index (χ1v) is 5.53. The Kier molecular flexibility index (Phi) is 6.75. The second-order valence-corrected chi connectivity index (χ2v) is 4.16. The highest BCUT2D eigenvalue weighted by atomic mass is 15.1. The third kappa shape index (κ3) is 5.73. The van der Waals surface area contributed by atoms with Crippen LogP contribution in [0.4, 0.5) is 0 Å². The fourth-order valence-corrected chi connectivity index (χ4v) is 1.46. The third-order valence-corrected chi connectivity index (χ3v) is 2.19. The predicted molar refractivity (Wildman–Crippen MR) is 60.8 cm³/mol. The SMILES string of the molecule is CCCCC=CN(C(C)C)C(C)C. The van der Waals surface area contributed by atoms with Gasteiger partial charge in [0, 0.05) is 12.1 Å². The van der Waals surface area contributed by atoms with Gasteiger partial charge >= 0.3 is 0 Å². The summed E-state index contributed by atoms with van der Waals surface area (Å²) in [6, 6.07) is 1.22. The normalized spacial score (nSPS) is 11.9. The van der Waals surface area contributed by atoms with Crippen molar-refractivity contribution >= 4 is 0 Å². The van der Waals surface area contributed by atoms with E-state index in [9.17, 15) is 0 Å². The van der Waals surface area contributed by atoms with Crippen LogP contribution in [0.5, 0.6) is 0 Å². The van der Waals surface area contributed by atoms with E-state index in [1.54, 1.807) is 0 Å². The largest absolute Gasteiger partial charge is 0.373 e. The van der Waals surface area contributed by atoms with Gasteiger partial charge in [-0.3, -0.25) is 0 Å². The van der Waals surface area contributed by atoms with Crippen LogP contribution in [0.1, 0.15) is 53.9 Å². The molecular weight excluding hydrogens is 158 g/mol. The molecule has 0 saturated heterocycles. The van der Waals surface area contributed by atoms with Gasteiger partial charge in [-0.1, -0.05) is 25.8 Å². The molecule has 0 heterocycles. The lowest BCUT2D eigenvalue weighted by Gasteiger charge is -2.29. The first-order chi connectivity index (χ1) is 6.09. The summed E-state index contributed by atoms with van der Waals surface area (Å²) in [5.41, 5.74) is 0. The molecule has 0 aliphatic carbocycles. The first-order valence-electron chi connectivity index (χ1n) is 5.53. The van der Waals surface area contributed by atoms with Gasteiger partial charge in [0.05, 0.1) is 0 Å². The molecular formula is C12H25N. The van der Waals surface area contributed by atoms with Crippen molar-refractivity contribution in [1.82, 2.24) is 4.90 Å². The quantitative estimate of drug-likeness (QED) is 0.566. The number of allylic oxidation sites excluding steroid dienone is 1. The van der Waals surface area contributed by atoms with Gasteiger partial charge in [0.1, 0.15) is 0 Å². The molecule has 0 unspecified atom stereocenters. The third-order valence-electron chi connectivity index (χ3n) is 2.19. The van der Waals surface area contributed by atoms with Crippen LogP contribution in [0.15, 0.2) is 12.3 Å². The molecule has 0 aromatic carbocycles. The Bertz CT molecular complexity index is 128. The van der Waals surface area contributed by atoms with Crippen LogP contribution in [0.3, 0.4) is 0 Å². The Morgan fingerprint density at radius 2 is 1.62 bits per heavy atom. The van der Waals surface area contributed by atoms with Crippen molar-refractivity contribution in [2.45, 2.75) is 66.0 Å². The Hall–Kier alpha value is -0.460. The summed E-state index contributed by atoms with van der Waals surface area (Å²) in [6.07, 6.45) is 8.36. The summed E-state index contributed by atoms with van der Waals surface area (Å²) >= 11 is 0. The molecule has 13 heavy (non-hydrogen) atoms. The summed E-state index contributed by atoms with van der Waals surface area (Å²) in [4.78, 5) is 2.40. The van der Waals surface area contributed by atoms with E-state index in [-0.39, 0.29) is 0 Å². The van der Waals surface area contributed by atoms with Crippen LogP contribution < -0.4 is 0 Å². The fourth-order valence-electron chi connectivity index (χ4n) is 1.46. The van der Waals surface area contributed by atoms with Gasteiger partial charge in [-0.2, -0.15) is 0 Å². The van der Waals surface area contributed by atoms with Gasteiger partial charge in [-0.15, -0.1) is 0 Å². The summed E-state index contributed by atoms with van der Waals surface area (Å²) in [6.45, 7) is 11.2. The first kappa shape index (κ1) is 12.5. The molecule has 0 aromatic rings. The maximum atomic E-state index is 2.40. The van der Waals surface area contributed by atoms with E-state index in [4.69, 9.17) is 0 Å². The molecule has 1 nitrogen and oxygen atoms in total. The van der Waals surface area contributed by atoms with E-state index in [1.165, 1.54) is 19.3 Å². The van der Waals surface area contributed by atoms with E-state index < -0.39 is 0 Å². The molecule has 0 aromatic heterocycles. The average molecular weight is 183 g/mol. The molecule has 0 aliphatic rings. The number of unbranched alkanes of at least 4 members (excludes halogenated alkanes) is 2. The molecule has 0 atom stereocenters. The monoisotopic (exact) mass is 183 g/mol. The molecule has 0 bridgehead atoms. The van der Waals surface area contributed by atoms with Crippen LogP contribution in [0.2, 0.25) is 0 Å². The molecule has 0 spiro atoms. The van der Waals surface area contributed by atoms with Crippen molar-refractivity contribution in [3.05, 3.63) is 12.3 Å². The van der Waals surface area contributed by atoms with Crippen molar-refractivity contribution in [2.75, 3.05) is 0 Å². The second kappa shape index (κ2) is 6.99. The molecule has 1 heteroatoms. The molecule has 0 rings (SSSR count). The number of nitrogens with zero attached hydrogens (tertiary/aromatic N) is 1. The molecule has 78 valence electrons. The highest BCUT2D eigenvalue weighted by molar-refractivity contribution is 4.86. The van der Waals surface area contributed by atoms with Gasteiger partial charge in [-0.25, -0.2) is 0 Å². The molecule has 0 amide bonds. The predicted octanol–water partition coefficient (Wildman–Crippen LogP) is 3.81. The molecule has 0 radical (unpaired) electrons. The summed E-state index contributed by atoms with van der Waals surface area (Å²) in [5.74, 6) is 0. The molecule has 0 N–H and O–H groups in total. The minimum absolute atomic E-state index is 0.609. The van der Waals surface area contributed by atoms with E-state index in [0.29, 0.717) is 12.1 Å².